The average Bonchev–Trinajstić information content (AvgIpc) is 2.16. The SMILES string of the molecule is COc1ccc(C(O)O)cc1OC. The second kappa shape index (κ2) is 4.11. The van der Waals surface area contributed by atoms with Crippen LogP contribution in [0.3, 0.4) is 0 Å². The van der Waals surface area contributed by atoms with Crippen LogP contribution in [-0.2, 0) is 0 Å². The van der Waals surface area contributed by atoms with Crippen molar-refractivity contribution < 1.29 is 19.7 Å². The van der Waals surface area contributed by atoms with E-state index in [-0.39, 0.29) is 0 Å². The lowest BCUT2D eigenvalue weighted by atomic mass is 10.2. The zero-order valence-corrected chi connectivity index (χ0v) is 7.52. The minimum absolute atomic E-state index is 0.373. The molecule has 0 bridgehead atoms. The van der Waals surface area contributed by atoms with Crippen molar-refractivity contribution in [2.45, 2.75) is 6.29 Å². The fraction of sp³-hybridized carbons (Fsp3) is 0.333. The van der Waals surface area contributed by atoms with Gasteiger partial charge in [-0.2, -0.15) is 0 Å². The third kappa shape index (κ3) is 2.11. The molecule has 0 heterocycles. The molecule has 0 aliphatic heterocycles. The lowest BCUT2D eigenvalue weighted by Crippen LogP contribution is -1.97. The summed E-state index contributed by atoms with van der Waals surface area (Å²) < 4.78 is 9.96. The summed E-state index contributed by atoms with van der Waals surface area (Å²) in [6.07, 6.45) is -1.49. The standard InChI is InChI=1S/C9H12O4/c1-12-7-4-3-6(9(10)11)5-8(7)13-2/h3-5,9-11H,1-2H3. The van der Waals surface area contributed by atoms with Gasteiger partial charge in [0.25, 0.3) is 0 Å². The maximum absolute atomic E-state index is 8.87. The van der Waals surface area contributed by atoms with Gasteiger partial charge in [0, 0.05) is 5.56 Å². The minimum atomic E-state index is -1.49. The Morgan fingerprint density at radius 1 is 1.08 bits per heavy atom. The van der Waals surface area contributed by atoms with Gasteiger partial charge in [-0.15, -0.1) is 0 Å². The fourth-order valence-electron chi connectivity index (χ4n) is 1.01. The van der Waals surface area contributed by atoms with E-state index < -0.39 is 6.29 Å². The van der Waals surface area contributed by atoms with Crippen molar-refractivity contribution in [1.82, 2.24) is 0 Å². The zero-order valence-electron chi connectivity index (χ0n) is 7.52. The quantitative estimate of drug-likeness (QED) is 0.678. The lowest BCUT2D eigenvalue weighted by molar-refractivity contribution is -0.0426. The molecular formula is C9H12O4. The van der Waals surface area contributed by atoms with Gasteiger partial charge in [0.1, 0.15) is 0 Å². The van der Waals surface area contributed by atoms with Gasteiger partial charge in [0.15, 0.2) is 17.8 Å². The van der Waals surface area contributed by atoms with Crippen molar-refractivity contribution in [3.05, 3.63) is 23.8 Å². The molecule has 4 nitrogen and oxygen atoms in total. The topological polar surface area (TPSA) is 58.9 Å². The molecule has 72 valence electrons. The van der Waals surface area contributed by atoms with Gasteiger partial charge in [0.2, 0.25) is 0 Å². The van der Waals surface area contributed by atoms with Crippen LogP contribution in [-0.4, -0.2) is 24.4 Å². The summed E-state index contributed by atoms with van der Waals surface area (Å²) in [4.78, 5) is 0. The monoisotopic (exact) mass is 184 g/mol. The molecule has 0 unspecified atom stereocenters. The Hall–Kier alpha value is -1.26. The molecule has 0 atom stereocenters. The van der Waals surface area contributed by atoms with Crippen LogP contribution in [0.2, 0.25) is 0 Å². The highest BCUT2D eigenvalue weighted by Crippen LogP contribution is 2.29. The van der Waals surface area contributed by atoms with Gasteiger partial charge in [-0.05, 0) is 12.1 Å². The molecule has 0 saturated carbocycles. The summed E-state index contributed by atoms with van der Waals surface area (Å²) in [5.74, 6) is 1.04. The normalized spacial score (nSPS) is 10.2. The van der Waals surface area contributed by atoms with Crippen molar-refractivity contribution in [2.24, 2.45) is 0 Å². The molecule has 13 heavy (non-hydrogen) atoms. The van der Waals surface area contributed by atoms with E-state index >= 15 is 0 Å². The third-order valence-corrected chi connectivity index (χ3v) is 1.71. The van der Waals surface area contributed by atoms with Gasteiger partial charge >= 0.3 is 0 Å². The first-order valence-corrected chi connectivity index (χ1v) is 3.77. The molecular weight excluding hydrogens is 172 g/mol. The highest BCUT2D eigenvalue weighted by molar-refractivity contribution is 5.43. The van der Waals surface area contributed by atoms with Gasteiger partial charge in [0.05, 0.1) is 14.2 Å². The smallest absolute Gasteiger partial charge is 0.178 e. The molecule has 0 amide bonds. The van der Waals surface area contributed by atoms with Crippen LogP contribution in [0.1, 0.15) is 11.9 Å². The second-order valence-corrected chi connectivity index (χ2v) is 2.49. The van der Waals surface area contributed by atoms with E-state index in [0.29, 0.717) is 17.1 Å². The highest BCUT2D eigenvalue weighted by Gasteiger charge is 2.08. The third-order valence-electron chi connectivity index (χ3n) is 1.71. The van der Waals surface area contributed by atoms with Gasteiger partial charge in [-0.1, -0.05) is 6.07 Å². The Labute approximate surface area is 76.3 Å². The first-order valence-electron chi connectivity index (χ1n) is 3.77. The maximum atomic E-state index is 8.87. The van der Waals surface area contributed by atoms with Crippen LogP contribution in [0.25, 0.3) is 0 Å². The molecule has 0 radical (unpaired) electrons. The first-order chi connectivity index (χ1) is 6.19. The molecule has 0 aliphatic carbocycles. The molecule has 0 aromatic heterocycles. The Balaban J connectivity index is 3.05. The molecule has 0 saturated heterocycles. The molecule has 4 heteroatoms. The molecule has 1 rings (SSSR count). The van der Waals surface area contributed by atoms with E-state index in [1.165, 1.54) is 20.3 Å². The zero-order chi connectivity index (χ0) is 9.84. The number of methoxy groups -OCH3 is 2. The van der Waals surface area contributed by atoms with Crippen molar-refractivity contribution in [3.8, 4) is 11.5 Å². The average molecular weight is 184 g/mol. The first kappa shape index (κ1) is 9.83. The molecule has 2 N–H and O–H groups in total. The largest absolute Gasteiger partial charge is 0.493 e. The number of aliphatic hydroxyl groups excluding tert-OH is 1. The van der Waals surface area contributed by atoms with Crippen LogP contribution in [0.15, 0.2) is 18.2 Å². The summed E-state index contributed by atoms with van der Waals surface area (Å²) in [6, 6.07) is 4.70. The van der Waals surface area contributed by atoms with Gasteiger partial charge in [-0.3, -0.25) is 0 Å². The van der Waals surface area contributed by atoms with Gasteiger partial charge < -0.3 is 19.7 Å². The van der Waals surface area contributed by atoms with Crippen LogP contribution in [0.5, 0.6) is 11.5 Å². The van der Waals surface area contributed by atoms with Crippen molar-refractivity contribution >= 4 is 0 Å². The Kier molecular flexibility index (Phi) is 3.11. The van der Waals surface area contributed by atoms with Crippen molar-refractivity contribution in [1.29, 1.82) is 0 Å². The summed E-state index contributed by atoms with van der Waals surface area (Å²) >= 11 is 0. The Bertz CT molecular complexity index is 283. The Morgan fingerprint density at radius 3 is 2.15 bits per heavy atom. The number of hydrogen-bond acceptors (Lipinski definition) is 4. The van der Waals surface area contributed by atoms with Crippen LogP contribution < -0.4 is 9.47 Å². The number of aliphatic hydroxyl groups is 2. The van der Waals surface area contributed by atoms with E-state index in [2.05, 4.69) is 0 Å². The number of ether oxygens (including phenoxy) is 2. The lowest BCUT2D eigenvalue weighted by Gasteiger charge is -2.10. The van der Waals surface area contributed by atoms with E-state index in [1.54, 1.807) is 12.1 Å². The van der Waals surface area contributed by atoms with E-state index in [4.69, 9.17) is 19.7 Å². The van der Waals surface area contributed by atoms with Gasteiger partial charge in [-0.25, -0.2) is 0 Å². The predicted octanol–water partition coefficient (Wildman–Crippen LogP) is 0.687. The molecule has 1 aromatic rings. The molecule has 0 fully saturated rings. The van der Waals surface area contributed by atoms with Crippen molar-refractivity contribution in [2.75, 3.05) is 14.2 Å². The maximum Gasteiger partial charge on any atom is 0.178 e. The van der Waals surface area contributed by atoms with Crippen LogP contribution in [0, 0.1) is 0 Å². The fourth-order valence-corrected chi connectivity index (χ4v) is 1.01. The van der Waals surface area contributed by atoms with E-state index in [0.717, 1.165) is 0 Å². The second-order valence-electron chi connectivity index (χ2n) is 2.49. The minimum Gasteiger partial charge on any atom is -0.493 e. The predicted molar refractivity (Wildman–Crippen MR) is 46.7 cm³/mol. The number of hydrogen-bond donors (Lipinski definition) is 2. The Morgan fingerprint density at radius 2 is 1.69 bits per heavy atom. The summed E-state index contributed by atoms with van der Waals surface area (Å²) in [5.41, 5.74) is 0.373. The molecule has 0 spiro atoms. The van der Waals surface area contributed by atoms with E-state index in [1.807, 2.05) is 0 Å². The van der Waals surface area contributed by atoms with Crippen LogP contribution in [0.4, 0.5) is 0 Å². The summed E-state index contributed by atoms with van der Waals surface area (Å²) in [5, 5.41) is 17.7. The van der Waals surface area contributed by atoms with Crippen molar-refractivity contribution in [3.63, 3.8) is 0 Å². The van der Waals surface area contributed by atoms with Crippen LogP contribution >= 0.6 is 0 Å². The summed E-state index contributed by atoms with van der Waals surface area (Å²) in [7, 11) is 3.01. The van der Waals surface area contributed by atoms with E-state index in [9.17, 15) is 0 Å². The number of rotatable bonds is 3. The number of benzene rings is 1. The highest BCUT2D eigenvalue weighted by atomic mass is 16.5. The summed E-state index contributed by atoms with van der Waals surface area (Å²) in [6.45, 7) is 0. The molecule has 0 aliphatic rings. The molecule has 1 aromatic carbocycles.